The molecule has 0 aromatic rings. The molecule has 0 aromatic heterocycles. The average molecular weight is 228 g/mol. The molecule has 2 radical (unpaired) electrons. The molecule has 0 rings (SSSR count). The molecule has 0 spiro atoms. The number of rotatable bonds is 4. The van der Waals surface area contributed by atoms with Crippen molar-refractivity contribution in [1.29, 1.82) is 0 Å². The number of hydrogen-bond donors (Lipinski definition) is 2. The highest BCUT2D eigenvalue weighted by atomic mass is 32.1. The summed E-state index contributed by atoms with van der Waals surface area (Å²) < 4.78 is 4.96. The Balaban J connectivity index is 4.88. The fraction of sp³-hybridized carbons (Fsp3) is 0.600. The molecule has 1 nitrogen and oxygen atoms in total. The highest BCUT2D eigenvalue weighted by Crippen LogP contribution is 2.36. The van der Waals surface area contributed by atoms with Crippen molar-refractivity contribution in [3.8, 4) is 0 Å². The van der Waals surface area contributed by atoms with Gasteiger partial charge in [0.2, 0.25) is 0 Å². The van der Waals surface area contributed by atoms with Crippen LogP contribution in [0.4, 0.5) is 0 Å². The van der Waals surface area contributed by atoms with E-state index in [4.69, 9.17) is 12.7 Å². The molecule has 0 unspecified atom stereocenters. The van der Waals surface area contributed by atoms with E-state index in [1.165, 1.54) is 0 Å². The van der Waals surface area contributed by atoms with Crippen molar-refractivity contribution in [2.24, 2.45) is 5.41 Å². The lowest BCUT2D eigenvalue weighted by Crippen LogP contribution is -2.39. The van der Waals surface area contributed by atoms with Crippen LogP contribution >= 0.6 is 25.3 Å². The number of allylic oxidation sites excluding steroid dienone is 1. The molecule has 0 saturated carbocycles. The predicted molar refractivity (Wildman–Crippen MR) is 69.9 cm³/mol. The molecule has 0 N–H and O–H groups in total. The van der Waals surface area contributed by atoms with Crippen LogP contribution in [0.3, 0.4) is 0 Å². The monoisotopic (exact) mass is 228 g/mol. The van der Waals surface area contributed by atoms with Gasteiger partial charge in [-0.2, -0.15) is 12.6 Å². The van der Waals surface area contributed by atoms with Gasteiger partial charge in [-0.3, -0.25) is 0 Å². The number of hydrogen-bond acceptors (Lipinski definition) is 3. The van der Waals surface area contributed by atoms with Crippen molar-refractivity contribution >= 4 is 33.3 Å². The quantitative estimate of drug-likeness (QED) is 0.427. The minimum Gasteiger partial charge on any atom is -0.442 e. The molecule has 0 saturated heterocycles. The molecule has 0 amide bonds. The van der Waals surface area contributed by atoms with Gasteiger partial charge in [0.15, 0.2) is 0 Å². The van der Waals surface area contributed by atoms with Crippen LogP contribution in [0.25, 0.3) is 0 Å². The van der Waals surface area contributed by atoms with Crippen molar-refractivity contribution in [1.82, 2.24) is 0 Å². The molecule has 0 heterocycles. The summed E-state index contributed by atoms with van der Waals surface area (Å²) in [5.74, 6) is 0. The molecule has 78 valence electrons. The molecule has 0 atom stereocenters. The van der Waals surface area contributed by atoms with Gasteiger partial charge < -0.3 is 4.65 Å². The molecule has 0 aliphatic heterocycles. The Bertz CT molecular complexity index is 245. The van der Waals surface area contributed by atoms with Gasteiger partial charge in [-0.05, 0) is 25.3 Å². The largest absolute Gasteiger partial charge is 0.442 e. The van der Waals surface area contributed by atoms with Gasteiger partial charge in [0.05, 0.1) is 5.60 Å². The van der Waals surface area contributed by atoms with E-state index in [1.54, 1.807) is 11.5 Å². The van der Waals surface area contributed by atoms with Crippen molar-refractivity contribution in [2.45, 2.75) is 33.3 Å². The first-order valence-electron chi connectivity index (χ1n) is 4.37. The first-order valence-corrected chi connectivity index (χ1v) is 5.33. The van der Waals surface area contributed by atoms with Gasteiger partial charge in [-0.25, -0.2) is 0 Å². The second-order valence-corrected chi connectivity index (χ2v) is 5.05. The molecule has 0 aromatic carbocycles. The minimum atomic E-state index is -0.439. The van der Waals surface area contributed by atoms with E-state index in [2.05, 4.69) is 25.3 Å². The summed E-state index contributed by atoms with van der Waals surface area (Å²) in [6.45, 7) is 7.97. The van der Waals surface area contributed by atoms with Gasteiger partial charge in [0.1, 0.15) is 0 Å². The molecule has 14 heavy (non-hydrogen) atoms. The maximum atomic E-state index is 5.25. The highest BCUT2D eigenvalue weighted by Gasteiger charge is 2.34. The van der Waals surface area contributed by atoms with E-state index in [1.807, 2.05) is 33.8 Å². The lowest BCUT2D eigenvalue weighted by Gasteiger charge is -2.39. The Labute approximate surface area is 99.3 Å². The zero-order chi connectivity index (χ0) is 11.4. The highest BCUT2D eigenvalue weighted by molar-refractivity contribution is 7.85. The third kappa shape index (κ3) is 3.75. The minimum absolute atomic E-state index is 0.202. The maximum absolute atomic E-state index is 5.25. The summed E-state index contributed by atoms with van der Waals surface area (Å²) in [4.78, 5) is 0.843. The Morgan fingerprint density at radius 2 is 1.79 bits per heavy atom. The molecule has 4 heteroatoms. The fourth-order valence-electron chi connectivity index (χ4n) is 0.820. The third-order valence-electron chi connectivity index (χ3n) is 2.60. The van der Waals surface area contributed by atoms with Gasteiger partial charge >= 0.3 is 0 Å². The Morgan fingerprint density at radius 1 is 1.29 bits per heavy atom. The van der Waals surface area contributed by atoms with Crippen LogP contribution in [-0.2, 0) is 4.65 Å². The van der Waals surface area contributed by atoms with Crippen molar-refractivity contribution in [2.75, 3.05) is 0 Å². The second-order valence-electron chi connectivity index (χ2n) is 4.23. The first-order chi connectivity index (χ1) is 6.27. The molecular weight excluding hydrogens is 211 g/mol. The van der Waals surface area contributed by atoms with E-state index in [0.29, 0.717) is 0 Å². The van der Waals surface area contributed by atoms with Crippen molar-refractivity contribution < 1.29 is 4.65 Å². The smallest absolute Gasteiger partial charge is 0.283 e. The van der Waals surface area contributed by atoms with Crippen LogP contribution in [0.15, 0.2) is 22.5 Å². The van der Waals surface area contributed by atoms with E-state index in [9.17, 15) is 0 Å². The van der Waals surface area contributed by atoms with E-state index in [0.717, 1.165) is 4.91 Å². The predicted octanol–water partition coefficient (Wildman–Crippen LogP) is 3.15. The molecule has 0 bridgehead atoms. The Morgan fingerprint density at radius 3 is 2.14 bits per heavy atom. The summed E-state index contributed by atoms with van der Waals surface area (Å²) in [6, 6.07) is 0. The van der Waals surface area contributed by atoms with Crippen LogP contribution < -0.4 is 0 Å². The van der Waals surface area contributed by atoms with E-state index < -0.39 is 5.60 Å². The Kier molecular flexibility index (Phi) is 5.41. The molecule has 0 aliphatic carbocycles. The SMILES string of the molecule is [B]OC(C)(C)C(C)(C)/C=C(S)/C=C\S. The zero-order valence-electron chi connectivity index (χ0n) is 9.11. The first kappa shape index (κ1) is 14.2. The maximum Gasteiger partial charge on any atom is 0.283 e. The van der Waals surface area contributed by atoms with Crippen LogP contribution in [0.5, 0.6) is 0 Å². The summed E-state index contributed by atoms with van der Waals surface area (Å²) in [5.41, 5.74) is -0.641. The van der Waals surface area contributed by atoms with Crippen molar-refractivity contribution in [3.63, 3.8) is 0 Å². The molecular formula is C10H17BOS2. The van der Waals surface area contributed by atoms with Gasteiger partial charge in [0.25, 0.3) is 8.05 Å². The molecule has 0 fully saturated rings. The van der Waals surface area contributed by atoms with Gasteiger partial charge in [-0.1, -0.05) is 19.9 Å². The third-order valence-corrected chi connectivity index (χ3v) is 3.03. The second kappa shape index (κ2) is 5.33. The standard InChI is InChI=1S/C10H17BOS2/c1-9(2,10(3,4)12-11)7-8(14)5-6-13/h5-7,13-14H,1-4H3/b6-5-,8-7-. The van der Waals surface area contributed by atoms with Crippen LogP contribution in [0.2, 0.25) is 0 Å². The molecule has 0 aliphatic rings. The summed E-state index contributed by atoms with van der Waals surface area (Å²) in [7, 11) is 5.25. The topological polar surface area (TPSA) is 9.23 Å². The van der Waals surface area contributed by atoms with Crippen molar-refractivity contribution in [3.05, 3.63) is 22.5 Å². The average Bonchev–Trinajstić information content (AvgIpc) is 2.03. The van der Waals surface area contributed by atoms with Gasteiger partial charge in [0, 0.05) is 10.3 Å². The zero-order valence-corrected chi connectivity index (χ0v) is 10.9. The van der Waals surface area contributed by atoms with Crippen LogP contribution in [-0.4, -0.2) is 13.7 Å². The van der Waals surface area contributed by atoms with Crippen LogP contribution in [0.1, 0.15) is 27.7 Å². The van der Waals surface area contributed by atoms with E-state index in [-0.39, 0.29) is 5.41 Å². The summed E-state index contributed by atoms with van der Waals surface area (Å²) in [5, 5.41) is 1.64. The summed E-state index contributed by atoms with van der Waals surface area (Å²) in [6.07, 6.45) is 3.80. The lowest BCUT2D eigenvalue weighted by molar-refractivity contribution is 0.0263. The number of thiol groups is 2. The van der Waals surface area contributed by atoms with E-state index >= 15 is 0 Å². The van der Waals surface area contributed by atoms with Gasteiger partial charge in [-0.15, -0.1) is 12.6 Å². The van der Waals surface area contributed by atoms with Crippen LogP contribution in [0, 0.1) is 5.41 Å². The fourth-order valence-corrected chi connectivity index (χ4v) is 1.50. The normalized spacial score (nSPS) is 15.1. The Hall–Kier alpha value is 0.205. The lowest BCUT2D eigenvalue weighted by atomic mass is 9.76. The summed E-state index contributed by atoms with van der Waals surface area (Å²) >= 11 is 8.28.